The fourth-order valence-electron chi connectivity index (χ4n) is 3.19. The van der Waals surface area contributed by atoms with E-state index < -0.39 is 11.6 Å². The molecule has 0 saturated heterocycles. The Morgan fingerprint density at radius 3 is 2.29 bits per heavy atom. The number of nitrogens with one attached hydrogen (secondary N) is 2. The van der Waals surface area contributed by atoms with Crippen LogP contribution in [0.2, 0.25) is 0 Å². The van der Waals surface area contributed by atoms with Crippen LogP contribution in [0.1, 0.15) is 18.4 Å². The zero-order chi connectivity index (χ0) is 21.7. The van der Waals surface area contributed by atoms with Gasteiger partial charge in [0.2, 0.25) is 5.91 Å². The maximum absolute atomic E-state index is 12.6. The predicted octanol–water partition coefficient (Wildman–Crippen LogP) is 3.18. The molecule has 31 heavy (non-hydrogen) atoms. The van der Waals surface area contributed by atoms with Crippen LogP contribution >= 0.6 is 0 Å². The summed E-state index contributed by atoms with van der Waals surface area (Å²) in [6, 6.07) is 18.1. The zero-order valence-corrected chi connectivity index (χ0v) is 17.1. The lowest BCUT2D eigenvalue weighted by Gasteiger charge is -2.20. The average Bonchev–Trinajstić information content (AvgIpc) is 3.59. The van der Waals surface area contributed by atoms with Crippen molar-refractivity contribution in [2.45, 2.75) is 24.9 Å². The molecule has 3 aromatic rings. The Kier molecular flexibility index (Phi) is 5.79. The highest BCUT2D eigenvalue weighted by Gasteiger charge is 2.51. The molecule has 4 rings (SSSR count). The van der Waals surface area contributed by atoms with E-state index >= 15 is 0 Å². The smallest absolute Gasteiger partial charge is 0.407 e. The molecule has 0 atom stereocenters. The third-order valence-corrected chi connectivity index (χ3v) is 5.19. The minimum Gasteiger partial charge on any atom is -0.407 e. The van der Waals surface area contributed by atoms with Crippen LogP contribution < -0.4 is 20.3 Å². The quantitative estimate of drug-likeness (QED) is 0.613. The van der Waals surface area contributed by atoms with E-state index in [4.69, 9.17) is 4.74 Å². The fourth-order valence-corrected chi connectivity index (χ4v) is 3.19. The maximum Gasteiger partial charge on any atom is 0.413 e. The van der Waals surface area contributed by atoms with Gasteiger partial charge in [0.1, 0.15) is 11.9 Å². The summed E-state index contributed by atoms with van der Waals surface area (Å²) in [4.78, 5) is 34.4. The highest BCUT2D eigenvalue weighted by atomic mass is 16.6. The second-order valence-corrected chi connectivity index (χ2v) is 7.41. The molecule has 1 aliphatic rings. The number of para-hydroxylation sites is 1. The van der Waals surface area contributed by atoms with Gasteiger partial charge in [-0.2, -0.15) is 0 Å². The summed E-state index contributed by atoms with van der Waals surface area (Å²) in [7, 11) is 2.01. The second-order valence-electron chi connectivity index (χ2n) is 7.41. The zero-order valence-electron chi connectivity index (χ0n) is 17.1. The molecule has 2 N–H and O–H groups in total. The van der Waals surface area contributed by atoms with E-state index in [-0.39, 0.29) is 11.7 Å². The molecule has 1 saturated carbocycles. The Morgan fingerprint density at radius 1 is 1.00 bits per heavy atom. The molecule has 8 nitrogen and oxygen atoms in total. The van der Waals surface area contributed by atoms with Gasteiger partial charge in [-0.15, -0.1) is 0 Å². The van der Waals surface area contributed by atoms with Crippen LogP contribution in [0, 0.1) is 0 Å². The first-order chi connectivity index (χ1) is 15.1. The molecular formula is C23H23N5O3. The molecule has 0 bridgehead atoms. The third-order valence-electron chi connectivity index (χ3n) is 5.19. The summed E-state index contributed by atoms with van der Waals surface area (Å²) in [6.45, 7) is 0.374. The van der Waals surface area contributed by atoms with E-state index in [1.54, 1.807) is 0 Å². The van der Waals surface area contributed by atoms with Gasteiger partial charge >= 0.3 is 6.09 Å². The van der Waals surface area contributed by atoms with Crippen LogP contribution in [0.4, 0.5) is 16.2 Å². The monoisotopic (exact) mass is 417 g/mol. The van der Waals surface area contributed by atoms with Gasteiger partial charge in [0.05, 0.1) is 12.4 Å². The van der Waals surface area contributed by atoms with E-state index in [0.717, 1.165) is 16.9 Å². The largest absolute Gasteiger partial charge is 0.413 e. The normalized spacial score (nSPS) is 13.7. The minimum atomic E-state index is -0.916. The summed E-state index contributed by atoms with van der Waals surface area (Å²) in [6.07, 6.45) is 4.54. The van der Waals surface area contributed by atoms with Crippen molar-refractivity contribution < 1.29 is 14.3 Å². The molecule has 8 heteroatoms. The summed E-state index contributed by atoms with van der Waals surface area (Å²) < 4.78 is 5.12. The van der Waals surface area contributed by atoms with Crippen LogP contribution in [0.3, 0.4) is 0 Å². The SMILES string of the molecule is CN(c1ccccc1)c1ccc(CNC(=O)C2(NC(=O)Oc3cncnc3)CC2)cc1. The molecule has 1 aliphatic carbocycles. The van der Waals surface area contributed by atoms with E-state index in [1.165, 1.54) is 18.7 Å². The molecular weight excluding hydrogens is 394 g/mol. The van der Waals surface area contributed by atoms with E-state index in [2.05, 4.69) is 25.5 Å². The summed E-state index contributed by atoms with van der Waals surface area (Å²) in [5, 5.41) is 5.56. The van der Waals surface area contributed by atoms with Crippen LogP contribution in [-0.2, 0) is 11.3 Å². The second kappa shape index (κ2) is 8.83. The van der Waals surface area contributed by atoms with Crippen LogP contribution in [-0.4, -0.2) is 34.6 Å². The number of benzene rings is 2. The molecule has 0 unspecified atom stereocenters. The fraction of sp³-hybridized carbons (Fsp3) is 0.217. The molecule has 1 aromatic heterocycles. The van der Waals surface area contributed by atoms with Crippen molar-refractivity contribution in [3.05, 3.63) is 78.9 Å². The van der Waals surface area contributed by atoms with Crippen LogP contribution in [0.25, 0.3) is 0 Å². The molecule has 0 radical (unpaired) electrons. The summed E-state index contributed by atoms with van der Waals surface area (Å²) >= 11 is 0. The number of aromatic nitrogens is 2. The number of anilines is 2. The number of rotatable bonds is 7. The number of ether oxygens (including phenoxy) is 1. The Morgan fingerprint density at radius 2 is 1.65 bits per heavy atom. The third kappa shape index (κ3) is 4.98. The van der Waals surface area contributed by atoms with E-state index in [9.17, 15) is 9.59 Å². The topological polar surface area (TPSA) is 96.5 Å². The van der Waals surface area contributed by atoms with Crippen molar-refractivity contribution >= 4 is 23.4 Å². The first-order valence-corrected chi connectivity index (χ1v) is 9.97. The van der Waals surface area contributed by atoms with Gasteiger partial charge in [0.15, 0.2) is 5.75 Å². The van der Waals surface area contributed by atoms with Crippen molar-refractivity contribution in [3.63, 3.8) is 0 Å². The number of amides is 2. The number of nitrogens with zero attached hydrogens (tertiary/aromatic N) is 3. The standard InChI is InChI=1S/C23H23N5O3/c1-28(18-5-3-2-4-6-18)19-9-7-17(8-10-19)13-26-21(29)23(11-12-23)27-22(30)31-20-14-24-16-25-15-20/h2-10,14-16H,11-13H2,1H3,(H,26,29)(H,27,30). The van der Waals surface area contributed by atoms with E-state index in [0.29, 0.717) is 19.4 Å². The first kappa shape index (κ1) is 20.3. The minimum absolute atomic E-state index is 0.219. The van der Waals surface area contributed by atoms with Gasteiger partial charge < -0.3 is 20.3 Å². The summed E-state index contributed by atoms with van der Waals surface area (Å²) in [5.41, 5.74) is 2.20. The highest BCUT2D eigenvalue weighted by Crippen LogP contribution is 2.35. The van der Waals surface area contributed by atoms with Gasteiger partial charge in [-0.25, -0.2) is 14.8 Å². The molecule has 2 aromatic carbocycles. The van der Waals surface area contributed by atoms with Gasteiger partial charge in [-0.3, -0.25) is 4.79 Å². The molecule has 2 amide bonds. The Labute approximate surface area is 180 Å². The van der Waals surface area contributed by atoms with Crippen molar-refractivity contribution in [2.75, 3.05) is 11.9 Å². The summed E-state index contributed by atoms with van der Waals surface area (Å²) in [5.74, 6) is -0.00369. The number of hydrogen-bond acceptors (Lipinski definition) is 6. The van der Waals surface area contributed by atoms with Gasteiger partial charge in [-0.1, -0.05) is 30.3 Å². The molecule has 158 valence electrons. The number of hydrogen-bond donors (Lipinski definition) is 2. The number of carbonyl (C=O) groups is 2. The van der Waals surface area contributed by atoms with E-state index in [1.807, 2.05) is 61.6 Å². The van der Waals surface area contributed by atoms with Gasteiger partial charge in [0.25, 0.3) is 0 Å². The predicted molar refractivity (Wildman–Crippen MR) is 116 cm³/mol. The highest BCUT2D eigenvalue weighted by molar-refractivity contribution is 5.93. The lowest BCUT2D eigenvalue weighted by Crippen LogP contribution is -2.49. The molecule has 1 fully saturated rings. The Hall–Kier alpha value is -3.94. The van der Waals surface area contributed by atoms with Gasteiger partial charge in [-0.05, 0) is 42.7 Å². The molecule has 0 aliphatic heterocycles. The lowest BCUT2D eigenvalue weighted by molar-refractivity contribution is -0.124. The first-order valence-electron chi connectivity index (χ1n) is 9.97. The van der Waals surface area contributed by atoms with Crippen molar-refractivity contribution in [1.29, 1.82) is 0 Å². The maximum atomic E-state index is 12.6. The number of carbonyl (C=O) groups excluding carboxylic acids is 2. The van der Waals surface area contributed by atoms with Crippen molar-refractivity contribution in [1.82, 2.24) is 20.6 Å². The molecule has 0 spiro atoms. The van der Waals surface area contributed by atoms with Crippen molar-refractivity contribution in [3.8, 4) is 5.75 Å². The van der Waals surface area contributed by atoms with Crippen LogP contribution in [0.15, 0.2) is 73.3 Å². The van der Waals surface area contributed by atoms with Crippen molar-refractivity contribution in [2.24, 2.45) is 0 Å². The molecule has 1 heterocycles. The average molecular weight is 417 g/mol. The lowest BCUT2D eigenvalue weighted by atomic mass is 10.1. The van der Waals surface area contributed by atoms with Crippen LogP contribution in [0.5, 0.6) is 5.75 Å². The Balaban J connectivity index is 1.29. The van der Waals surface area contributed by atoms with Gasteiger partial charge in [0, 0.05) is 25.0 Å². The Bertz CT molecular complexity index is 1040.